The summed E-state index contributed by atoms with van der Waals surface area (Å²) < 4.78 is 0. The minimum atomic E-state index is 0.911. The second-order valence-electron chi connectivity index (χ2n) is 1.92. The van der Waals surface area contributed by atoms with E-state index in [4.69, 9.17) is 0 Å². The molecule has 0 radical (unpaired) electrons. The van der Waals surface area contributed by atoms with Crippen LogP contribution in [-0.4, -0.2) is 10.9 Å². The highest BCUT2D eigenvalue weighted by Gasteiger charge is 1.85. The number of H-pyrrole nitrogens is 1. The lowest BCUT2D eigenvalue weighted by atomic mass is 10.5. The third kappa shape index (κ3) is 0.694. The summed E-state index contributed by atoms with van der Waals surface area (Å²) in [4.78, 5) is 10.9. The van der Waals surface area contributed by atoms with Crippen LogP contribution in [0, 0.1) is 0 Å². The second kappa shape index (κ2) is 1.97. The molecule has 1 aromatic heterocycles. The fraction of sp³-hybridized carbons (Fsp3) is 0. The highest BCUT2D eigenvalue weighted by molar-refractivity contribution is 5.56. The van der Waals surface area contributed by atoms with Crippen LogP contribution in [0.1, 0.15) is 0 Å². The molecule has 0 atom stereocenters. The van der Waals surface area contributed by atoms with Gasteiger partial charge in [0.05, 0.1) is 23.1 Å². The lowest BCUT2D eigenvalue weighted by Crippen LogP contribution is -2.20. The molecule has 0 fully saturated rings. The highest BCUT2D eigenvalue weighted by Crippen LogP contribution is 1.72. The van der Waals surface area contributed by atoms with Crippen LogP contribution in [0.25, 0.3) is 6.20 Å². The Morgan fingerprint density at radius 2 is 2.50 bits per heavy atom. The molecule has 10 heavy (non-hydrogen) atoms. The molecule has 0 saturated heterocycles. The zero-order chi connectivity index (χ0) is 6.81. The third-order valence-electron chi connectivity index (χ3n) is 1.29. The Kier molecular flexibility index (Phi) is 1.03. The highest BCUT2D eigenvalue weighted by atomic mass is 14.8. The van der Waals surface area contributed by atoms with E-state index in [-0.39, 0.29) is 0 Å². The predicted molar refractivity (Wildman–Crippen MR) is 38.0 cm³/mol. The topological polar surface area (TPSA) is 40.5 Å². The Morgan fingerprint density at radius 3 is 3.50 bits per heavy atom. The molecule has 3 heteroatoms. The summed E-state index contributed by atoms with van der Waals surface area (Å²) >= 11 is 0. The molecule has 0 aliphatic carbocycles. The van der Waals surface area contributed by atoms with Gasteiger partial charge in [-0.15, -0.1) is 0 Å². The smallest absolute Gasteiger partial charge is 0.0903 e. The van der Waals surface area contributed by atoms with Crippen LogP contribution in [0.3, 0.4) is 0 Å². The first-order valence-electron chi connectivity index (χ1n) is 2.95. The van der Waals surface area contributed by atoms with E-state index in [1.165, 1.54) is 0 Å². The summed E-state index contributed by atoms with van der Waals surface area (Å²) in [5, 5.41) is 1.84. The molecular formula is C7H5N3. The van der Waals surface area contributed by atoms with E-state index in [0.29, 0.717) is 0 Å². The van der Waals surface area contributed by atoms with Gasteiger partial charge in [-0.25, -0.2) is 9.98 Å². The zero-order valence-electron chi connectivity index (χ0n) is 5.20. The molecule has 0 spiro atoms. The number of fused-ring (bicyclic) bond motifs is 1. The molecular weight excluding hydrogens is 126 g/mol. The SMILES string of the molecule is C1=CN=c2cc[nH]c2=CN=1. The van der Waals surface area contributed by atoms with Crippen molar-refractivity contribution < 1.29 is 0 Å². The van der Waals surface area contributed by atoms with E-state index in [2.05, 4.69) is 20.8 Å². The maximum absolute atomic E-state index is 4.05. The number of nitrogens with one attached hydrogen (secondary N) is 1. The van der Waals surface area contributed by atoms with Gasteiger partial charge in [0.15, 0.2) is 0 Å². The van der Waals surface area contributed by atoms with Crippen LogP contribution < -0.4 is 10.7 Å². The Labute approximate surface area is 57.1 Å². The zero-order valence-corrected chi connectivity index (χ0v) is 5.20. The first-order chi connectivity index (χ1) is 4.97. The van der Waals surface area contributed by atoms with Gasteiger partial charge in [0.25, 0.3) is 0 Å². The molecule has 2 rings (SSSR count). The first-order valence-corrected chi connectivity index (χ1v) is 2.95. The average molecular weight is 131 g/mol. The van der Waals surface area contributed by atoms with Gasteiger partial charge < -0.3 is 4.98 Å². The number of aliphatic imine (C=N–C) groups is 1. The Morgan fingerprint density at radius 1 is 1.50 bits per heavy atom. The van der Waals surface area contributed by atoms with Crippen LogP contribution in [0.15, 0.2) is 28.4 Å². The van der Waals surface area contributed by atoms with Gasteiger partial charge in [-0.05, 0) is 6.07 Å². The van der Waals surface area contributed by atoms with Gasteiger partial charge in [-0.1, -0.05) is 0 Å². The van der Waals surface area contributed by atoms with Crippen LogP contribution in [0.5, 0.6) is 0 Å². The molecule has 2 heterocycles. The molecule has 1 N–H and O–H groups in total. The first kappa shape index (κ1) is 5.21. The molecule has 1 aliphatic heterocycles. The predicted octanol–water partition coefficient (Wildman–Crippen LogP) is -0.431. The number of rotatable bonds is 0. The van der Waals surface area contributed by atoms with E-state index < -0.39 is 0 Å². The molecule has 48 valence electrons. The van der Waals surface area contributed by atoms with E-state index in [9.17, 15) is 0 Å². The number of nitrogens with zero attached hydrogens (tertiary/aromatic N) is 2. The van der Waals surface area contributed by atoms with Crippen LogP contribution in [0.4, 0.5) is 0 Å². The number of hydrogen-bond donors (Lipinski definition) is 1. The quantitative estimate of drug-likeness (QED) is 0.496. The monoisotopic (exact) mass is 131 g/mol. The van der Waals surface area contributed by atoms with Gasteiger partial charge in [-0.2, -0.15) is 0 Å². The van der Waals surface area contributed by atoms with Gasteiger partial charge in [-0.3, -0.25) is 0 Å². The Bertz CT molecular complexity index is 370. The van der Waals surface area contributed by atoms with Crippen molar-refractivity contribution in [2.24, 2.45) is 9.98 Å². The minimum absolute atomic E-state index is 0.911. The van der Waals surface area contributed by atoms with Crippen molar-refractivity contribution in [1.82, 2.24) is 4.98 Å². The maximum Gasteiger partial charge on any atom is 0.0903 e. The van der Waals surface area contributed by atoms with Crippen molar-refractivity contribution in [3.05, 3.63) is 29.2 Å². The minimum Gasteiger partial charge on any atom is -0.359 e. The van der Waals surface area contributed by atoms with Crippen molar-refractivity contribution in [3.63, 3.8) is 0 Å². The second-order valence-corrected chi connectivity index (χ2v) is 1.92. The Balaban J connectivity index is 2.94. The Hall–Kier alpha value is -1.60. The number of aromatic nitrogens is 1. The number of aromatic amines is 1. The number of hydrogen-bond acceptors (Lipinski definition) is 2. The van der Waals surface area contributed by atoms with Crippen molar-refractivity contribution in [3.8, 4) is 0 Å². The maximum atomic E-state index is 4.05. The summed E-state index contributed by atoms with van der Waals surface area (Å²) in [6, 6.07) is 1.89. The van der Waals surface area contributed by atoms with Crippen LogP contribution in [-0.2, 0) is 0 Å². The lowest BCUT2D eigenvalue weighted by molar-refractivity contribution is 1.26. The van der Waals surface area contributed by atoms with Gasteiger partial charge in [0.2, 0.25) is 0 Å². The fourth-order valence-corrected chi connectivity index (χ4v) is 0.824. The summed E-state index contributed by atoms with van der Waals surface area (Å²) in [6.07, 6.45) is 5.08. The molecule has 0 amide bonds. The average Bonchev–Trinajstić information content (AvgIpc) is 2.28. The van der Waals surface area contributed by atoms with Gasteiger partial charge in [0, 0.05) is 12.1 Å². The van der Waals surface area contributed by atoms with Gasteiger partial charge in [0.1, 0.15) is 0 Å². The van der Waals surface area contributed by atoms with E-state index in [1.807, 2.05) is 12.3 Å². The van der Waals surface area contributed by atoms with E-state index >= 15 is 0 Å². The fourth-order valence-electron chi connectivity index (χ4n) is 0.824. The third-order valence-corrected chi connectivity index (χ3v) is 1.29. The summed E-state index contributed by atoms with van der Waals surface area (Å²) in [5.41, 5.74) is 0. The van der Waals surface area contributed by atoms with Crippen molar-refractivity contribution >= 4 is 12.1 Å². The summed E-state index contributed by atoms with van der Waals surface area (Å²) in [5.74, 6) is 2.64. The molecule has 1 aromatic rings. The van der Waals surface area contributed by atoms with Crippen molar-refractivity contribution in [2.45, 2.75) is 0 Å². The molecule has 0 bridgehead atoms. The van der Waals surface area contributed by atoms with E-state index in [0.717, 1.165) is 10.7 Å². The standard InChI is InChI=1S/C7H5N3/c1-2-9-7-5-8-3-4-10-6(1)7/h1-2,4-5,9H. The summed E-state index contributed by atoms with van der Waals surface area (Å²) in [6.45, 7) is 0. The van der Waals surface area contributed by atoms with Crippen LogP contribution in [0.2, 0.25) is 0 Å². The van der Waals surface area contributed by atoms with Gasteiger partial charge >= 0.3 is 0 Å². The lowest BCUT2D eigenvalue weighted by Gasteiger charge is -1.70. The van der Waals surface area contributed by atoms with Crippen LogP contribution >= 0.6 is 0 Å². The van der Waals surface area contributed by atoms with E-state index in [1.54, 1.807) is 12.4 Å². The largest absolute Gasteiger partial charge is 0.359 e. The van der Waals surface area contributed by atoms with Crippen molar-refractivity contribution in [2.75, 3.05) is 0 Å². The molecule has 1 aliphatic rings. The molecule has 0 aromatic carbocycles. The molecule has 3 nitrogen and oxygen atoms in total. The summed E-state index contributed by atoms with van der Waals surface area (Å²) in [7, 11) is 0. The normalized spacial score (nSPS) is 13.2. The molecule has 0 unspecified atom stereocenters. The van der Waals surface area contributed by atoms with Crippen molar-refractivity contribution in [1.29, 1.82) is 0 Å². The molecule has 0 saturated carbocycles.